The molecule has 0 unspecified atom stereocenters. The maximum atomic E-state index is 10.5. The third-order valence-corrected chi connectivity index (χ3v) is 4.12. The normalized spacial score (nSPS) is 10.4. The molecule has 0 aliphatic rings. The molecule has 0 aliphatic heterocycles. The van der Waals surface area contributed by atoms with Gasteiger partial charge in [-0.3, -0.25) is 4.79 Å². The summed E-state index contributed by atoms with van der Waals surface area (Å²) < 4.78 is 0.987. The van der Waals surface area contributed by atoms with E-state index in [1.807, 2.05) is 6.92 Å². The Labute approximate surface area is 91.6 Å². The van der Waals surface area contributed by atoms with Gasteiger partial charge in [0.2, 0.25) is 0 Å². The lowest BCUT2D eigenvalue weighted by Gasteiger charge is -1.90. The fraction of sp³-hybridized carbons (Fsp3) is 0.556. The topological polar surface area (TPSA) is 50.2 Å². The van der Waals surface area contributed by atoms with E-state index in [9.17, 15) is 4.79 Å². The zero-order valence-electron chi connectivity index (χ0n) is 8.24. The molecular formula is C9H13NO2S2. The van der Waals surface area contributed by atoms with Crippen LogP contribution in [0.25, 0.3) is 0 Å². The van der Waals surface area contributed by atoms with Crippen molar-refractivity contribution >= 4 is 29.1 Å². The smallest absolute Gasteiger partial charge is 0.308 e. The summed E-state index contributed by atoms with van der Waals surface area (Å²) in [7, 11) is 0. The molecule has 1 rings (SSSR count). The van der Waals surface area contributed by atoms with Gasteiger partial charge < -0.3 is 5.11 Å². The Hall–Kier alpha value is -0.550. The number of carbonyl (C=O) groups is 1. The van der Waals surface area contributed by atoms with Crippen LogP contribution in [0.4, 0.5) is 0 Å². The Morgan fingerprint density at radius 2 is 2.36 bits per heavy atom. The zero-order chi connectivity index (χ0) is 10.6. The van der Waals surface area contributed by atoms with Gasteiger partial charge in [-0.05, 0) is 13.3 Å². The fourth-order valence-corrected chi connectivity index (χ4v) is 3.10. The summed E-state index contributed by atoms with van der Waals surface area (Å²) >= 11 is 3.20. The van der Waals surface area contributed by atoms with E-state index in [0.29, 0.717) is 0 Å². The summed E-state index contributed by atoms with van der Waals surface area (Å²) in [5.41, 5.74) is 0.857. The van der Waals surface area contributed by atoms with E-state index in [0.717, 1.165) is 27.1 Å². The van der Waals surface area contributed by atoms with Gasteiger partial charge >= 0.3 is 5.97 Å². The van der Waals surface area contributed by atoms with Crippen molar-refractivity contribution < 1.29 is 9.90 Å². The van der Waals surface area contributed by atoms with Crippen LogP contribution in [-0.4, -0.2) is 21.8 Å². The molecule has 0 radical (unpaired) electrons. The van der Waals surface area contributed by atoms with E-state index in [-0.39, 0.29) is 6.42 Å². The zero-order valence-corrected chi connectivity index (χ0v) is 9.87. The van der Waals surface area contributed by atoms with E-state index in [2.05, 4.69) is 11.9 Å². The molecule has 1 aromatic rings. The first-order chi connectivity index (χ1) is 6.63. The molecule has 0 atom stereocenters. The summed E-state index contributed by atoms with van der Waals surface area (Å²) in [6.07, 6.45) is 1.20. The number of aromatic nitrogens is 1. The molecular weight excluding hydrogens is 218 g/mol. The molecule has 1 N–H and O–H groups in total. The Bertz CT molecular complexity index is 323. The van der Waals surface area contributed by atoms with Crippen molar-refractivity contribution in [1.29, 1.82) is 0 Å². The molecule has 78 valence electrons. The molecule has 1 heterocycles. The third-order valence-electron chi connectivity index (χ3n) is 1.61. The van der Waals surface area contributed by atoms with Crippen molar-refractivity contribution in [3.05, 3.63) is 10.6 Å². The average Bonchev–Trinajstić information content (AvgIpc) is 2.43. The van der Waals surface area contributed by atoms with E-state index >= 15 is 0 Å². The summed E-state index contributed by atoms with van der Waals surface area (Å²) in [5, 5.41) is 8.65. The van der Waals surface area contributed by atoms with Crippen molar-refractivity contribution in [3.63, 3.8) is 0 Å². The van der Waals surface area contributed by atoms with E-state index in [1.165, 1.54) is 11.3 Å². The van der Waals surface area contributed by atoms with Gasteiger partial charge in [0.05, 0.1) is 12.1 Å². The maximum Gasteiger partial charge on any atom is 0.308 e. The van der Waals surface area contributed by atoms with E-state index < -0.39 is 5.97 Å². The maximum absolute atomic E-state index is 10.5. The van der Waals surface area contributed by atoms with Crippen LogP contribution in [0.5, 0.6) is 0 Å². The average molecular weight is 231 g/mol. The van der Waals surface area contributed by atoms with Gasteiger partial charge in [0.15, 0.2) is 0 Å². The molecule has 3 nitrogen and oxygen atoms in total. The lowest BCUT2D eigenvalue weighted by molar-refractivity contribution is -0.136. The first kappa shape index (κ1) is 11.5. The number of aryl methyl sites for hydroxylation is 1. The molecule has 5 heteroatoms. The molecule has 14 heavy (non-hydrogen) atoms. The first-order valence-electron chi connectivity index (χ1n) is 4.44. The van der Waals surface area contributed by atoms with Gasteiger partial charge in [-0.25, -0.2) is 4.98 Å². The summed E-state index contributed by atoms with van der Waals surface area (Å²) in [6.45, 7) is 3.98. The lowest BCUT2D eigenvalue weighted by atomic mass is 10.3. The highest BCUT2D eigenvalue weighted by Gasteiger charge is 2.10. The number of carboxylic acids is 1. The van der Waals surface area contributed by atoms with Gasteiger partial charge in [0, 0.05) is 10.6 Å². The Kier molecular flexibility index (Phi) is 4.41. The standard InChI is InChI=1S/C9H13NO2S2/c1-3-4-13-9-10-6(2)7(14-9)5-8(11)12/h3-5H2,1-2H3,(H,11,12). The van der Waals surface area contributed by atoms with Crippen LogP contribution in [0.1, 0.15) is 23.9 Å². The van der Waals surface area contributed by atoms with Gasteiger partial charge in [-0.15, -0.1) is 11.3 Å². The summed E-state index contributed by atoms with van der Waals surface area (Å²) in [5.74, 6) is 0.253. The number of hydrogen-bond donors (Lipinski definition) is 1. The predicted octanol–water partition coefficient (Wildman–Crippen LogP) is 2.58. The number of thiazole rings is 1. The number of rotatable bonds is 5. The predicted molar refractivity (Wildman–Crippen MR) is 59.2 cm³/mol. The van der Waals surface area contributed by atoms with Crippen molar-refractivity contribution in [2.45, 2.75) is 31.0 Å². The van der Waals surface area contributed by atoms with Gasteiger partial charge in [-0.2, -0.15) is 0 Å². The van der Waals surface area contributed by atoms with Crippen LogP contribution in [0.2, 0.25) is 0 Å². The van der Waals surface area contributed by atoms with Crippen LogP contribution in [-0.2, 0) is 11.2 Å². The van der Waals surface area contributed by atoms with Crippen molar-refractivity contribution in [2.75, 3.05) is 5.75 Å². The minimum atomic E-state index is -0.788. The number of aliphatic carboxylic acids is 1. The molecule has 0 spiro atoms. The molecule has 1 aromatic heterocycles. The van der Waals surface area contributed by atoms with E-state index in [4.69, 9.17) is 5.11 Å². The second kappa shape index (κ2) is 5.36. The molecule has 0 saturated heterocycles. The quantitative estimate of drug-likeness (QED) is 0.791. The number of hydrogen-bond acceptors (Lipinski definition) is 4. The molecule has 0 bridgehead atoms. The highest BCUT2D eigenvalue weighted by molar-refractivity contribution is 8.01. The van der Waals surface area contributed by atoms with Crippen molar-refractivity contribution in [1.82, 2.24) is 4.98 Å². The largest absolute Gasteiger partial charge is 0.481 e. The van der Waals surface area contributed by atoms with Gasteiger partial charge in [-0.1, -0.05) is 18.7 Å². The molecule has 0 amide bonds. The van der Waals surface area contributed by atoms with Gasteiger partial charge in [0.25, 0.3) is 0 Å². The minimum absolute atomic E-state index is 0.0934. The fourth-order valence-electron chi connectivity index (χ4n) is 0.954. The SMILES string of the molecule is CCCSc1nc(C)c(CC(=O)O)s1. The highest BCUT2D eigenvalue weighted by atomic mass is 32.2. The molecule has 0 fully saturated rings. The summed E-state index contributed by atoms with van der Waals surface area (Å²) in [4.78, 5) is 15.7. The van der Waals surface area contributed by atoms with Crippen LogP contribution < -0.4 is 0 Å². The van der Waals surface area contributed by atoms with Crippen LogP contribution in [0.3, 0.4) is 0 Å². The minimum Gasteiger partial charge on any atom is -0.481 e. The third kappa shape index (κ3) is 3.31. The number of nitrogens with zero attached hydrogens (tertiary/aromatic N) is 1. The van der Waals surface area contributed by atoms with Crippen molar-refractivity contribution in [3.8, 4) is 0 Å². The second-order valence-corrected chi connectivity index (χ2v) is 5.33. The van der Waals surface area contributed by atoms with Gasteiger partial charge in [0.1, 0.15) is 4.34 Å². The van der Waals surface area contributed by atoms with Crippen LogP contribution >= 0.6 is 23.1 Å². The number of thioether (sulfide) groups is 1. The lowest BCUT2D eigenvalue weighted by Crippen LogP contribution is -1.99. The molecule has 0 saturated carbocycles. The second-order valence-electron chi connectivity index (χ2n) is 2.91. The molecule has 0 aromatic carbocycles. The highest BCUT2D eigenvalue weighted by Crippen LogP contribution is 2.27. The summed E-state index contributed by atoms with van der Waals surface area (Å²) in [6, 6.07) is 0. The Balaban J connectivity index is 2.66. The number of carboxylic acid groups (broad SMARTS) is 1. The van der Waals surface area contributed by atoms with E-state index in [1.54, 1.807) is 11.8 Å². The van der Waals surface area contributed by atoms with Crippen LogP contribution in [0.15, 0.2) is 4.34 Å². The monoisotopic (exact) mass is 231 g/mol. The molecule has 0 aliphatic carbocycles. The van der Waals surface area contributed by atoms with Crippen molar-refractivity contribution in [2.24, 2.45) is 0 Å². The Morgan fingerprint density at radius 3 is 2.93 bits per heavy atom. The first-order valence-corrected chi connectivity index (χ1v) is 6.24. The van der Waals surface area contributed by atoms with Crippen LogP contribution in [0, 0.1) is 6.92 Å². The Morgan fingerprint density at radius 1 is 1.64 bits per heavy atom.